The Balaban J connectivity index is 1.30. The molecule has 3 heterocycles. The second-order valence-corrected chi connectivity index (χ2v) is 13.1. The van der Waals surface area contributed by atoms with Gasteiger partial charge in [0.2, 0.25) is 0 Å². The van der Waals surface area contributed by atoms with E-state index < -0.39 is 68.9 Å². The zero-order valence-corrected chi connectivity index (χ0v) is 26.2. The molecule has 3 aromatic heterocycles. The number of aromatic nitrogens is 4. The van der Waals surface area contributed by atoms with Crippen molar-refractivity contribution in [1.82, 2.24) is 19.9 Å². The Morgan fingerprint density at radius 1 is 0.542 bits per heavy atom. The predicted molar refractivity (Wildman–Crippen MR) is 196 cm³/mol. The molecule has 0 radical (unpaired) electrons. The molecule has 0 fully saturated rings. The summed E-state index contributed by atoms with van der Waals surface area (Å²) >= 11 is -0.914. The molecule has 0 aliphatic rings. The van der Waals surface area contributed by atoms with Crippen molar-refractivity contribution in [2.75, 3.05) is 0 Å². The number of nitrogens with zero attached hydrogens (tertiary/aromatic N) is 4. The van der Waals surface area contributed by atoms with Gasteiger partial charge in [-0.15, -0.1) is 0 Å². The third-order valence-corrected chi connectivity index (χ3v) is 10.5. The average molecular weight is 692 g/mol. The molecule has 0 amide bonds. The number of rotatable bonds is 4. The van der Waals surface area contributed by atoms with E-state index in [-0.39, 0.29) is 66.0 Å². The van der Waals surface area contributed by atoms with Crippen molar-refractivity contribution >= 4 is 66.4 Å². The van der Waals surface area contributed by atoms with Crippen LogP contribution in [0.25, 0.3) is 97.6 Å². The van der Waals surface area contributed by atoms with E-state index in [1.54, 1.807) is 6.07 Å². The summed E-state index contributed by atoms with van der Waals surface area (Å²) in [5.74, 6) is -0.0708. The van der Waals surface area contributed by atoms with Gasteiger partial charge in [-0.05, 0) is 12.1 Å². The van der Waals surface area contributed by atoms with Gasteiger partial charge in [0.05, 0.1) is 0 Å². The first-order valence-electron chi connectivity index (χ1n) is 20.8. The summed E-state index contributed by atoms with van der Waals surface area (Å²) in [6.45, 7) is 0. The quantitative estimate of drug-likeness (QED) is 0.136. The van der Waals surface area contributed by atoms with Crippen molar-refractivity contribution in [3.63, 3.8) is 0 Å². The Hall–Kier alpha value is -5.94. The zero-order valence-electron chi connectivity index (χ0n) is 36.5. The maximum atomic E-state index is 9.17. The molecule has 224 valence electrons. The SMILES string of the molecule is [2H]c1c([2H])c([2H])c(-c2nc(-c3ccc4ccc5ccc6nc(-c7ccccc7)oc6c5c4c3)nc(-c3c([2H])c([2H])c([2H])c4c3[se]c3c([2H])c([2H])c([2H])c([2H])c34)n2)c([2H])c1[2H]. The molecule has 0 aliphatic heterocycles. The molecule has 0 saturated heterocycles. The Bertz CT molecular complexity index is 3510. The normalized spacial score (nSPS) is 15.2. The zero-order chi connectivity index (χ0) is 42.0. The molecule has 0 bridgehead atoms. The predicted octanol–water partition coefficient (Wildman–Crippen LogP) is 10.4. The number of benzene rings is 7. The summed E-state index contributed by atoms with van der Waals surface area (Å²) in [7, 11) is 0. The van der Waals surface area contributed by atoms with E-state index in [1.807, 2.05) is 66.7 Å². The summed E-state index contributed by atoms with van der Waals surface area (Å²) in [6.07, 6.45) is 0. The molecule has 10 aromatic rings. The summed E-state index contributed by atoms with van der Waals surface area (Å²) in [5, 5.41) is 3.36. The molecule has 5 nitrogen and oxygen atoms in total. The van der Waals surface area contributed by atoms with Crippen LogP contribution in [0.15, 0.2) is 150 Å². The molecule has 0 N–H and O–H groups in total. The van der Waals surface area contributed by atoms with Gasteiger partial charge in [0.1, 0.15) is 0 Å². The van der Waals surface area contributed by atoms with Crippen LogP contribution in [0.1, 0.15) is 16.4 Å². The number of oxazole rings is 1. The van der Waals surface area contributed by atoms with Crippen LogP contribution in [0.3, 0.4) is 0 Å². The van der Waals surface area contributed by atoms with E-state index in [2.05, 4.69) is 4.98 Å². The maximum absolute atomic E-state index is 9.17. The van der Waals surface area contributed by atoms with Gasteiger partial charge in [-0.25, -0.2) is 0 Å². The number of hydrogen-bond donors (Lipinski definition) is 0. The Labute approximate surface area is 297 Å². The first kappa shape index (κ1) is 17.8. The topological polar surface area (TPSA) is 64.7 Å². The van der Waals surface area contributed by atoms with Crippen molar-refractivity contribution < 1.29 is 20.9 Å². The van der Waals surface area contributed by atoms with Crippen molar-refractivity contribution in [2.45, 2.75) is 0 Å². The van der Waals surface area contributed by atoms with Crippen molar-refractivity contribution in [1.29, 1.82) is 0 Å². The van der Waals surface area contributed by atoms with Crippen LogP contribution in [0, 0.1) is 0 Å². The summed E-state index contributed by atoms with van der Waals surface area (Å²) in [4.78, 5) is 18.9. The Morgan fingerprint density at radius 2 is 1.27 bits per heavy atom. The molecule has 0 aliphatic carbocycles. The fraction of sp³-hybridized carbons (Fsp3) is 0. The van der Waals surface area contributed by atoms with E-state index in [4.69, 9.17) is 34.4 Å². The molecule has 0 spiro atoms. The molecular weight excluding hydrogens is 655 g/mol. The van der Waals surface area contributed by atoms with Crippen molar-refractivity contribution in [3.8, 4) is 45.6 Å². The molecule has 0 atom stereocenters. The van der Waals surface area contributed by atoms with Crippen molar-refractivity contribution in [3.05, 3.63) is 145 Å². The van der Waals surface area contributed by atoms with E-state index >= 15 is 0 Å². The van der Waals surface area contributed by atoms with E-state index in [0.717, 1.165) is 27.1 Å². The first-order valence-corrected chi connectivity index (χ1v) is 16.5. The number of hydrogen-bond acceptors (Lipinski definition) is 5. The van der Waals surface area contributed by atoms with E-state index in [1.165, 1.54) is 0 Å². The molecule has 6 heteroatoms. The standard InChI is InChI=1S/C42H24N4OSe/c1-3-10-27(11-4-1)39-44-40(46-41(45-39)32-16-9-15-31-30-14-7-8-17-35(30)48-38(31)32)29-21-19-25-18-20-26-22-23-34-37(36(26)33(25)24-29)47-42(43-34)28-12-5-2-6-13-28/h1-24H/i1D,3D,4D,7D,8D,9D,10D,11D,14D,15D,16D,17D. The molecule has 0 unspecified atom stereocenters. The minimum absolute atomic E-state index is 0.00248. The molecular formula is C42H24N4OSe. The van der Waals surface area contributed by atoms with Gasteiger partial charge in [-0.3, -0.25) is 0 Å². The van der Waals surface area contributed by atoms with E-state index in [9.17, 15) is 1.37 Å². The van der Waals surface area contributed by atoms with Gasteiger partial charge in [0.25, 0.3) is 0 Å². The Kier molecular flexibility index (Phi) is 4.02. The van der Waals surface area contributed by atoms with Crippen molar-refractivity contribution in [2.24, 2.45) is 0 Å². The molecule has 7 aromatic carbocycles. The fourth-order valence-electron chi connectivity index (χ4n) is 5.94. The van der Waals surface area contributed by atoms with Crippen LogP contribution in [0.5, 0.6) is 0 Å². The van der Waals surface area contributed by atoms with Crippen LogP contribution in [-0.4, -0.2) is 34.4 Å². The van der Waals surface area contributed by atoms with Crippen LogP contribution in [0.2, 0.25) is 0 Å². The summed E-state index contributed by atoms with van der Waals surface area (Å²) in [6, 6.07) is 16.8. The van der Waals surface area contributed by atoms with Gasteiger partial charge in [0, 0.05) is 5.56 Å². The molecule has 0 saturated carbocycles. The molecule has 10 rings (SSSR count). The van der Waals surface area contributed by atoms with Crippen LogP contribution in [-0.2, 0) is 0 Å². The van der Waals surface area contributed by atoms with Crippen LogP contribution >= 0.6 is 0 Å². The minimum atomic E-state index is -0.914. The summed E-state index contributed by atoms with van der Waals surface area (Å²) in [5.41, 5.74) is 2.06. The number of fused-ring (bicyclic) bond motifs is 8. The Morgan fingerprint density at radius 3 is 2.17 bits per heavy atom. The van der Waals surface area contributed by atoms with Gasteiger partial charge in [-0.1, -0.05) is 18.2 Å². The van der Waals surface area contributed by atoms with Gasteiger partial charge < -0.3 is 0 Å². The van der Waals surface area contributed by atoms with Gasteiger partial charge in [0.15, 0.2) is 0 Å². The van der Waals surface area contributed by atoms with Crippen LogP contribution in [0.4, 0.5) is 0 Å². The fourth-order valence-corrected chi connectivity index (χ4v) is 8.17. The summed E-state index contributed by atoms with van der Waals surface area (Å²) < 4.78 is 111. The van der Waals surface area contributed by atoms with Gasteiger partial charge >= 0.3 is 262 Å². The third kappa shape index (κ3) is 4.38. The third-order valence-electron chi connectivity index (χ3n) is 8.15. The van der Waals surface area contributed by atoms with Crippen LogP contribution < -0.4 is 0 Å². The molecule has 48 heavy (non-hydrogen) atoms. The first-order chi connectivity index (χ1) is 28.7. The van der Waals surface area contributed by atoms with Gasteiger partial charge in [-0.2, -0.15) is 0 Å². The van der Waals surface area contributed by atoms with E-state index in [0.29, 0.717) is 22.6 Å². The second kappa shape index (κ2) is 10.8. The average Bonchev–Trinajstić information content (AvgIpc) is 3.89. The second-order valence-electron chi connectivity index (χ2n) is 11.0. The monoisotopic (exact) mass is 692 g/mol.